The van der Waals surface area contributed by atoms with Gasteiger partial charge in [-0.1, -0.05) is 6.07 Å². The van der Waals surface area contributed by atoms with Crippen LogP contribution in [0.3, 0.4) is 0 Å². The Morgan fingerprint density at radius 1 is 1.17 bits per heavy atom. The van der Waals surface area contributed by atoms with Gasteiger partial charge in [0.2, 0.25) is 5.91 Å². The predicted molar refractivity (Wildman–Crippen MR) is 138 cm³/mol. The van der Waals surface area contributed by atoms with E-state index in [1.165, 1.54) is 4.90 Å². The van der Waals surface area contributed by atoms with Crippen molar-refractivity contribution in [2.24, 2.45) is 0 Å². The Kier molecular flexibility index (Phi) is 7.96. The average Bonchev–Trinajstić information content (AvgIpc) is 2.82. The smallest absolute Gasteiger partial charge is 0.412 e. The quantitative estimate of drug-likeness (QED) is 0.526. The van der Waals surface area contributed by atoms with Crippen molar-refractivity contribution >= 4 is 34.6 Å². The van der Waals surface area contributed by atoms with Gasteiger partial charge >= 0.3 is 17.7 Å². The highest BCUT2D eigenvalue weighted by Gasteiger charge is 2.25. The van der Waals surface area contributed by atoms with Crippen LogP contribution in [0.25, 0.3) is 10.9 Å². The van der Waals surface area contributed by atoms with Crippen molar-refractivity contribution in [1.29, 1.82) is 0 Å². The molecule has 0 bridgehead atoms. The standard InChI is InChI=1S/C26H33N5O5/c1-16-19(29-25(34)36-26(3,4)5)11-12-20-21(16)23(33)35-24(28-20)31(7)17(2)22(32)30(6)15-13-18-10-8-9-14-27-18/h8-12,14,17H,13,15H2,1-7H3,(H,29,34)/t17-/m0/s1. The molecule has 0 unspecified atom stereocenters. The third kappa shape index (κ3) is 6.38. The van der Waals surface area contributed by atoms with E-state index >= 15 is 0 Å². The number of aromatic nitrogens is 2. The third-order valence-electron chi connectivity index (χ3n) is 5.73. The van der Waals surface area contributed by atoms with Gasteiger partial charge in [0.05, 0.1) is 10.9 Å². The molecule has 2 heterocycles. The molecule has 1 atom stereocenters. The second-order valence-corrected chi connectivity index (χ2v) is 9.66. The van der Waals surface area contributed by atoms with Gasteiger partial charge in [-0.25, -0.2) is 9.59 Å². The van der Waals surface area contributed by atoms with E-state index in [0.717, 1.165) is 5.69 Å². The molecule has 0 fully saturated rings. The first-order valence-corrected chi connectivity index (χ1v) is 11.7. The lowest BCUT2D eigenvalue weighted by Crippen LogP contribution is -2.45. The summed E-state index contributed by atoms with van der Waals surface area (Å²) in [6.07, 6.45) is 1.72. The minimum Gasteiger partial charge on any atom is -0.444 e. The molecule has 0 spiro atoms. The Hall–Kier alpha value is -3.95. The molecule has 1 aromatic carbocycles. The predicted octanol–water partition coefficient (Wildman–Crippen LogP) is 3.76. The summed E-state index contributed by atoms with van der Waals surface area (Å²) < 4.78 is 10.8. The van der Waals surface area contributed by atoms with Gasteiger partial charge in [-0.15, -0.1) is 0 Å². The lowest BCUT2D eigenvalue weighted by Gasteiger charge is -2.27. The SMILES string of the molecule is Cc1c(NC(=O)OC(C)(C)C)ccc2nc(N(C)[C@@H](C)C(=O)N(C)CCc3ccccn3)oc(=O)c12. The Balaban J connectivity index is 1.77. The van der Waals surface area contributed by atoms with Gasteiger partial charge in [0.25, 0.3) is 0 Å². The molecule has 192 valence electrons. The highest BCUT2D eigenvalue weighted by molar-refractivity contribution is 5.93. The van der Waals surface area contributed by atoms with Crippen LogP contribution in [0.5, 0.6) is 0 Å². The van der Waals surface area contributed by atoms with Gasteiger partial charge in [0.15, 0.2) is 0 Å². The Bertz CT molecular complexity index is 1300. The summed E-state index contributed by atoms with van der Waals surface area (Å²) in [5, 5.41) is 2.90. The summed E-state index contributed by atoms with van der Waals surface area (Å²) >= 11 is 0. The summed E-state index contributed by atoms with van der Waals surface area (Å²) in [5.74, 6) is -0.147. The average molecular weight is 496 g/mol. The molecule has 0 saturated carbocycles. The van der Waals surface area contributed by atoms with E-state index < -0.39 is 23.4 Å². The molecule has 0 radical (unpaired) electrons. The molecule has 2 amide bonds. The molecule has 2 aromatic heterocycles. The Morgan fingerprint density at radius 2 is 1.89 bits per heavy atom. The van der Waals surface area contributed by atoms with Crippen LogP contribution in [0, 0.1) is 6.92 Å². The molecule has 1 N–H and O–H groups in total. The second-order valence-electron chi connectivity index (χ2n) is 9.66. The van der Waals surface area contributed by atoms with Crippen LogP contribution in [0.15, 0.2) is 45.7 Å². The molecule has 0 saturated heterocycles. The van der Waals surface area contributed by atoms with Gasteiger partial charge in [0.1, 0.15) is 11.6 Å². The number of fused-ring (bicyclic) bond motifs is 1. The van der Waals surface area contributed by atoms with Crippen molar-refractivity contribution < 1.29 is 18.7 Å². The monoisotopic (exact) mass is 495 g/mol. The molecule has 36 heavy (non-hydrogen) atoms. The number of anilines is 2. The van der Waals surface area contributed by atoms with Crippen molar-refractivity contribution in [2.75, 3.05) is 30.9 Å². The summed E-state index contributed by atoms with van der Waals surface area (Å²) in [7, 11) is 3.37. The molecule has 0 aliphatic heterocycles. The molecule has 10 heteroatoms. The first-order chi connectivity index (χ1) is 16.9. The number of hydrogen-bond acceptors (Lipinski definition) is 8. The second kappa shape index (κ2) is 10.8. The summed E-state index contributed by atoms with van der Waals surface area (Å²) in [6.45, 7) is 9.21. The summed E-state index contributed by atoms with van der Waals surface area (Å²) in [6, 6.07) is 8.34. The van der Waals surface area contributed by atoms with E-state index in [9.17, 15) is 14.4 Å². The molecular formula is C26H33N5O5. The number of carbonyl (C=O) groups excluding carboxylic acids is 2. The topological polar surface area (TPSA) is 118 Å². The molecule has 3 rings (SSSR count). The zero-order valence-electron chi connectivity index (χ0n) is 21.8. The molecule has 0 aliphatic carbocycles. The van der Waals surface area contributed by atoms with Gasteiger partial charge in [0, 0.05) is 44.6 Å². The fraction of sp³-hybridized carbons (Fsp3) is 0.423. The molecule has 0 aliphatic rings. The lowest BCUT2D eigenvalue weighted by atomic mass is 10.1. The lowest BCUT2D eigenvalue weighted by molar-refractivity contribution is -0.130. The fourth-order valence-corrected chi connectivity index (χ4v) is 3.60. The molecule has 10 nitrogen and oxygen atoms in total. The number of carbonyl (C=O) groups is 2. The fourth-order valence-electron chi connectivity index (χ4n) is 3.60. The maximum atomic E-state index is 13.0. The highest BCUT2D eigenvalue weighted by atomic mass is 16.6. The number of rotatable bonds is 7. The highest BCUT2D eigenvalue weighted by Crippen LogP contribution is 2.25. The van der Waals surface area contributed by atoms with E-state index in [-0.39, 0.29) is 17.3 Å². The van der Waals surface area contributed by atoms with E-state index in [2.05, 4.69) is 15.3 Å². The number of hydrogen-bond donors (Lipinski definition) is 1. The zero-order chi connectivity index (χ0) is 26.6. The number of benzene rings is 1. The number of likely N-dealkylation sites (N-methyl/N-ethyl adjacent to an activating group) is 2. The van der Waals surface area contributed by atoms with Crippen LogP contribution in [0.4, 0.5) is 16.5 Å². The first kappa shape index (κ1) is 26.7. The number of amides is 2. The van der Waals surface area contributed by atoms with Crippen LogP contribution < -0.4 is 15.8 Å². The number of ether oxygens (including phenoxy) is 1. The molecular weight excluding hydrogens is 462 g/mol. The van der Waals surface area contributed by atoms with Crippen molar-refractivity contribution in [1.82, 2.24) is 14.9 Å². The van der Waals surface area contributed by atoms with Crippen molar-refractivity contribution in [3.05, 3.63) is 58.2 Å². The van der Waals surface area contributed by atoms with Crippen LogP contribution >= 0.6 is 0 Å². The van der Waals surface area contributed by atoms with Crippen molar-refractivity contribution in [3.8, 4) is 0 Å². The Morgan fingerprint density at radius 3 is 2.53 bits per heavy atom. The van der Waals surface area contributed by atoms with Gasteiger partial charge in [-0.05, 0) is 64.4 Å². The Labute approximate surface area is 210 Å². The maximum absolute atomic E-state index is 13.0. The largest absolute Gasteiger partial charge is 0.444 e. The van der Waals surface area contributed by atoms with E-state index in [4.69, 9.17) is 9.15 Å². The minimum absolute atomic E-state index is 0.0266. The molecule has 3 aromatic rings. The summed E-state index contributed by atoms with van der Waals surface area (Å²) in [5.41, 5.74) is 0.947. The van der Waals surface area contributed by atoms with Crippen LogP contribution in [-0.2, 0) is 16.0 Å². The van der Waals surface area contributed by atoms with Gasteiger partial charge < -0.3 is 19.0 Å². The van der Waals surface area contributed by atoms with Gasteiger partial charge in [-0.3, -0.25) is 15.1 Å². The van der Waals surface area contributed by atoms with Crippen LogP contribution in [0.1, 0.15) is 39.0 Å². The number of nitrogens with zero attached hydrogens (tertiary/aromatic N) is 4. The first-order valence-electron chi connectivity index (χ1n) is 11.7. The van der Waals surface area contributed by atoms with Crippen LogP contribution in [-0.4, -0.2) is 59.2 Å². The van der Waals surface area contributed by atoms with Crippen molar-refractivity contribution in [3.63, 3.8) is 0 Å². The minimum atomic E-state index is -0.657. The maximum Gasteiger partial charge on any atom is 0.412 e. The van der Waals surface area contributed by atoms with E-state index in [1.807, 2.05) is 18.2 Å². The zero-order valence-corrected chi connectivity index (χ0v) is 21.8. The van der Waals surface area contributed by atoms with E-state index in [0.29, 0.717) is 29.7 Å². The van der Waals surface area contributed by atoms with E-state index in [1.54, 1.807) is 71.9 Å². The normalized spacial score (nSPS) is 12.2. The third-order valence-corrected chi connectivity index (χ3v) is 5.73. The van der Waals surface area contributed by atoms with Crippen molar-refractivity contribution in [2.45, 2.75) is 52.7 Å². The number of pyridine rings is 1. The van der Waals surface area contributed by atoms with Crippen LogP contribution in [0.2, 0.25) is 0 Å². The van der Waals surface area contributed by atoms with Gasteiger partial charge in [-0.2, -0.15) is 4.98 Å². The number of nitrogens with one attached hydrogen (secondary N) is 1. The summed E-state index contributed by atoms with van der Waals surface area (Å²) in [4.78, 5) is 50.0. The number of aryl methyl sites for hydroxylation is 1.